The lowest BCUT2D eigenvalue weighted by Gasteiger charge is -2.48. The number of benzene rings is 2. The Morgan fingerprint density at radius 3 is 2.09 bits per heavy atom. The summed E-state index contributed by atoms with van der Waals surface area (Å²) >= 11 is 0. The molecule has 3 aliphatic rings. The van der Waals surface area contributed by atoms with E-state index in [0.717, 1.165) is 11.1 Å². The molecule has 0 bridgehead atoms. The molecule has 0 aromatic heterocycles. The molecule has 5 rings (SSSR count). The number of alkyl carbamates (subject to hydrolysis) is 1. The smallest absolute Gasteiger partial charge is 0.407 e. The van der Waals surface area contributed by atoms with Gasteiger partial charge in [0.2, 0.25) is 5.91 Å². The number of carbonyl (C=O) groups excluding carboxylic acids is 2. The van der Waals surface area contributed by atoms with Crippen LogP contribution in [-0.4, -0.2) is 54.2 Å². The molecular formula is C26H28N2O5. The zero-order chi connectivity index (χ0) is 23.2. The second kappa shape index (κ2) is 7.90. The van der Waals surface area contributed by atoms with Gasteiger partial charge in [0, 0.05) is 25.6 Å². The van der Waals surface area contributed by atoms with Gasteiger partial charge in [-0.25, -0.2) is 4.79 Å². The van der Waals surface area contributed by atoms with Crippen LogP contribution >= 0.6 is 0 Å². The highest BCUT2D eigenvalue weighted by molar-refractivity contribution is 5.89. The van der Waals surface area contributed by atoms with Crippen LogP contribution in [0.25, 0.3) is 11.1 Å². The van der Waals surface area contributed by atoms with E-state index in [1.807, 2.05) is 31.2 Å². The Kier molecular flexibility index (Phi) is 5.15. The number of nitrogens with one attached hydrogen (secondary N) is 1. The van der Waals surface area contributed by atoms with Gasteiger partial charge in [-0.15, -0.1) is 0 Å². The molecule has 1 saturated carbocycles. The van der Waals surface area contributed by atoms with E-state index < -0.39 is 22.9 Å². The van der Waals surface area contributed by atoms with Crippen molar-refractivity contribution >= 4 is 18.0 Å². The van der Waals surface area contributed by atoms with Crippen LogP contribution in [0, 0.1) is 10.8 Å². The fraction of sp³-hybridized carbons (Fsp3) is 0.423. The molecule has 0 radical (unpaired) electrons. The predicted octanol–water partition coefficient (Wildman–Crippen LogP) is 3.63. The molecule has 2 aromatic carbocycles. The van der Waals surface area contributed by atoms with E-state index in [1.54, 1.807) is 4.90 Å². The van der Waals surface area contributed by atoms with Crippen molar-refractivity contribution in [1.82, 2.24) is 10.2 Å². The van der Waals surface area contributed by atoms with Crippen molar-refractivity contribution in [2.45, 2.75) is 32.1 Å². The molecule has 1 heterocycles. The van der Waals surface area contributed by atoms with E-state index >= 15 is 0 Å². The highest BCUT2D eigenvalue weighted by Crippen LogP contribution is 2.49. The summed E-state index contributed by atoms with van der Waals surface area (Å²) in [5, 5.41) is 12.2. The van der Waals surface area contributed by atoms with Gasteiger partial charge in [0.05, 0.1) is 5.41 Å². The van der Waals surface area contributed by atoms with Gasteiger partial charge >= 0.3 is 12.1 Å². The number of fused-ring (bicyclic) bond motifs is 3. The molecule has 1 aliphatic heterocycles. The molecule has 7 heteroatoms. The molecule has 0 atom stereocenters. The maximum Gasteiger partial charge on any atom is 0.407 e. The van der Waals surface area contributed by atoms with Crippen molar-refractivity contribution in [3.05, 3.63) is 59.7 Å². The molecule has 2 N–H and O–H groups in total. The Labute approximate surface area is 192 Å². The van der Waals surface area contributed by atoms with Gasteiger partial charge in [0.25, 0.3) is 0 Å². The van der Waals surface area contributed by atoms with E-state index in [4.69, 9.17) is 4.74 Å². The minimum Gasteiger partial charge on any atom is -0.481 e. The van der Waals surface area contributed by atoms with Gasteiger partial charge in [-0.2, -0.15) is 0 Å². The summed E-state index contributed by atoms with van der Waals surface area (Å²) in [6.07, 6.45) is 1.35. The van der Waals surface area contributed by atoms with Crippen molar-refractivity contribution < 1.29 is 24.2 Å². The Bertz CT molecular complexity index is 1070. The average Bonchev–Trinajstić information content (AvgIpc) is 3.52. The normalized spacial score (nSPS) is 19.1. The Morgan fingerprint density at radius 1 is 1.00 bits per heavy atom. The lowest BCUT2D eigenvalue weighted by atomic mass is 9.76. The van der Waals surface area contributed by atoms with Gasteiger partial charge < -0.3 is 20.1 Å². The summed E-state index contributed by atoms with van der Waals surface area (Å²) < 4.78 is 5.57. The number of ether oxygens (including phenoxy) is 1. The standard InChI is InChI=1S/C26H28N2O5/c1-2-25(23(30)31)15-28(16-25)22(29)26(11-12-26)14-27-24(32)33-13-21-19-9-5-3-7-17(19)18-8-4-6-10-20(18)21/h3-10,21H,2,11-16H2,1H3,(H,27,32)(H,30,31). The first-order valence-corrected chi connectivity index (χ1v) is 11.5. The number of amides is 2. The van der Waals surface area contributed by atoms with Gasteiger partial charge in [-0.1, -0.05) is 55.5 Å². The van der Waals surface area contributed by atoms with Crippen molar-refractivity contribution in [1.29, 1.82) is 0 Å². The topological polar surface area (TPSA) is 95.9 Å². The molecule has 2 amide bonds. The quantitative estimate of drug-likeness (QED) is 0.674. The third-order valence-corrected chi connectivity index (χ3v) is 7.63. The molecule has 2 aromatic rings. The number of aliphatic carboxylic acids is 1. The second-order valence-corrected chi connectivity index (χ2v) is 9.56. The Morgan fingerprint density at radius 2 is 1.58 bits per heavy atom. The van der Waals surface area contributed by atoms with Crippen LogP contribution in [0.3, 0.4) is 0 Å². The number of nitrogens with zero attached hydrogens (tertiary/aromatic N) is 1. The van der Waals surface area contributed by atoms with Gasteiger partial charge in [0.1, 0.15) is 12.0 Å². The molecule has 172 valence electrons. The van der Waals surface area contributed by atoms with Crippen molar-refractivity contribution in [2.24, 2.45) is 10.8 Å². The summed E-state index contributed by atoms with van der Waals surface area (Å²) in [6.45, 7) is 2.76. The molecule has 33 heavy (non-hydrogen) atoms. The molecule has 7 nitrogen and oxygen atoms in total. The highest BCUT2D eigenvalue weighted by atomic mass is 16.5. The molecule has 2 fully saturated rings. The number of hydrogen-bond donors (Lipinski definition) is 2. The van der Waals surface area contributed by atoms with E-state index in [9.17, 15) is 19.5 Å². The summed E-state index contributed by atoms with van der Waals surface area (Å²) in [7, 11) is 0. The summed E-state index contributed by atoms with van der Waals surface area (Å²) in [5.41, 5.74) is 3.19. The predicted molar refractivity (Wildman–Crippen MR) is 122 cm³/mol. The number of carboxylic acid groups (broad SMARTS) is 1. The van der Waals surface area contributed by atoms with E-state index in [0.29, 0.717) is 19.3 Å². The average molecular weight is 449 g/mol. The van der Waals surface area contributed by atoms with Crippen LogP contribution in [0.1, 0.15) is 43.2 Å². The van der Waals surface area contributed by atoms with Crippen LogP contribution in [-0.2, 0) is 14.3 Å². The van der Waals surface area contributed by atoms with Gasteiger partial charge in [-0.3, -0.25) is 9.59 Å². The third kappa shape index (κ3) is 3.56. The summed E-state index contributed by atoms with van der Waals surface area (Å²) in [6, 6.07) is 16.3. The maximum atomic E-state index is 12.9. The minimum absolute atomic E-state index is 0.0149. The van der Waals surface area contributed by atoms with Gasteiger partial charge in [0.15, 0.2) is 0 Å². The fourth-order valence-electron chi connectivity index (χ4n) is 5.18. The van der Waals surface area contributed by atoms with Crippen molar-refractivity contribution in [3.63, 3.8) is 0 Å². The zero-order valence-corrected chi connectivity index (χ0v) is 18.7. The number of carboxylic acids is 1. The first kappa shape index (κ1) is 21.5. The number of rotatable bonds is 7. The van der Waals surface area contributed by atoms with Crippen LogP contribution in [0.4, 0.5) is 4.79 Å². The molecule has 2 aliphatic carbocycles. The van der Waals surface area contributed by atoms with Gasteiger partial charge in [-0.05, 0) is 41.5 Å². The van der Waals surface area contributed by atoms with Crippen LogP contribution in [0.2, 0.25) is 0 Å². The van der Waals surface area contributed by atoms with E-state index in [-0.39, 0.29) is 38.1 Å². The SMILES string of the molecule is CCC1(C(=O)O)CN(C(=O)C2(CNC(=O)OCC3c4ccccc4-c4ccccc43)CC2)C1. The fourth-order valence-corrected chi connectivity index (χ4v) is 5.18. The number of hydrogen-bond acceptors (Lipinski definition) is 4. The largest absolute Gasteiger partial charge is 0.481 e. The zero-order valence-electron chi connectivity index (χ0n) is 18.7. The van der Waals surface area contributed by atoms with E-state index in [1.165, 1.54) is 11.1 Å². The summed E-state index contributed by atoms with van der Waals surface area (Å²) in [4.78, 5) is 38.5. The first-order chi connectivity index (χ1) is 15.9. The summed E-state index contributed by atoms with van der Waals surface area (Å²) in [5.74, 6) is -0.929. The molecule has 0 spiro atoms. The Hall–Kier alpha value is -3.35. The minimum atomic E-state index is -0.851. The lowest BCUT2D eigenvalue weighted by Crippen LogP contribution is -2.63. The van der Waals surface area contributed by atoms with Crippen molar-refractivity contribution in [2.75, 3.05) is 26.2 Å². The number of likely N-dealkylation sites (tertiary alicyclic amines) is 1. The molecular weight excluding hydrogens is 420 g/mol. The Balaban J connectivity index is 1.16. The van der Waals surface area contributed by atoms with Crippen LogP contribution < -0.4 is 5.32 Å². The van der Waals surface area contributed by atoms with Crippen molar-refractivity contribution in [3.8, 4) is 11.1 Å². The highest BCUT2D eigenvalue weighted by Gasteiger charge is 2.58. The van der Waals surface area contributed by atoms with E-state index in [2.05, 4.69) is 29.6 Å². The first-order valence-electron chi connectivity index (χ1n) is 11.5. The number of carbonyl (C=O) groups is 3. The molecule has 0 unspecified atom stereocenters. The maximum absolute atomic E-state index is 12.9. The molecule has 1 saturated heterocycles. The monoisotopic (exact) mass is 448 g/mol. The third-order valence-electron chi connectivity index (χ3n) is 7.63. The van der Waals surface area contributed by atoms with Crippen LogP contribution in [0.5, 0.6) is 0 Å². The lowest BCUT2D eigenvalue weighted by molar-refractivity contribution is -0.168. The van der Waals surface area contributed by atoms with Crippen LogP contribution in [0.15, 0.2) is 48.5 Å². The second-order valence-electron chi connectivity index (χ2n) is 9.56.